The topological polar surface area (TPSA) is 93.7 Å². The van der Waals surface area contributed by atoms with Gasteiger partial charge in [0.05, 0.1) is 10.4 Å². The summed E-state index contributed by atoms with van der Waals surface area (Å²) in [5.41, 5.74) is 6.29. The fourth-order valence-corrected chi connectivity index (χ4v) is 8.92. The van der Waals surface area contributed by atoms with Crippen LogP contribution in [0.2, 0.25) is 5.02 Å². The number of nitrogens with zero attached hydrogens (tertiary/aromatic N) is 5. The number of halogens is 1. The van der Waals surface area contributed by atoms with Gasteiger partial charge in [-0.25, -0.2) is 18.4 Å². The van der Waals surface area contributed by atoms with Crippen LogP contribution in [0, 0.1) is 0 Å². The smallest absolute Gasteiger partial charge is 0.263 e. The molecule has 0 bridgehead atoms. The van der Waals surface area contributed by atoms with Crippen LogP contribution in [0.1, 0.15) is 12.0 Å². The third-order valence-electron chi connectivity index (χ3n) is 9.81. The molecule has 55 heavy (non-hydrogen) atoms. The Morgan fingerprint density at radius 1 is 0.836 bits per heavy atom. The van der Waals surface area contributed by atoms with Gasteiger partial charge in [0.15, 0.2) is 5.82 Å². The second kappa shape index (κ2) is 17.9. The monoisotopic (exact) mass is 791 g/mol. The molecule has 2 heterocycles. The van der Waals surface area contributed by atoms with Gasteiger partial charge in [-0.1, -0.05) is 66.2 Å². The number of nitrogens with one attached hydrogen (secondary N) is 2. The Balaban J connectivity index is 0.975. The van der Waals surface area contributed by atoms with E-state index in [-0.39, 0.29) is 16.8 Å². The molecule has 7 rings (SSSR count). The van der Waals surface area contributed by atoms with Crippen LogP contribution < -0.4 is 14.9 Å². The minimum atomic E-state index is -3.90. The van der Waals surface area contributed by atoms with E-state index < -0.39 is 10.0 Å². The van der Waals surface area contributed by atoms with Crippen molar-refractivity contribution in [2.45, 2.75) is 28.8 Å². The molecule has 0 spiro atoms. The summed E-state index contributed by atoms with van der Waals surface area (Å²) in [6.07, 6.45) is 2.36. The summed E-state index contributed by atoms with van der Waals surface area (Å²) in [4.78, 5) is 17.2. The number of hydrogen-bond donors (Lipinski definition) is 2. The fourth-order valence-electron chi connectivity index (χ4n) is 6.77. The van der Waals surface area contributed by atoms with E-state index >= 15 is 0 Å². The summed E-state index contributed by atoms with van der Waals surface area (Å²) in [7, 11) is 0.239. The molecule has 1 atom stereocenters. The van der Waals surface area contributed by atoms with Gasteiger partial charge < -0.3 is 15.1 Å². The van der Waals surface area contributed by atoms with Crippen LogP contribution >= 0.6 is 23.4 Å². The standard InChI is InChI=1S/C43H46ClN7O2S2/c1-49(2)23-22-36(30-54-38-9-4-3-5-10-38)47-35-16-19-39(20-17-35)55(52,53)48-43-41-21-18-37(28-42(41)45-31-46-43)51-26-24-50(25-27-51)29-33-8-6-7-11-40(33)32-12-14-34(44)15-13-32/h3-21,28,31,36,47H,22-27,29-30H2,1-2H3,(H,45,46,48)/t36-/m1/s1. The van der Waals surface area contributed by atoms with Gasteiger partial charge in [0, 0.05) is 71.2 Å². The SMILES string of the molecule is CN(C)CC[C@H](CSc1ccccc1)Nc1ccc(S(=O)(=O)Nc2ncnc3cc(N4CCN(Cc5ccccc5-c5ccc(Cl)cc5)CC4)ccc23)cc1. The lowest BCUT2D eigenvalue weighted by atomic mass is 9.99. The summed E-state index contributed by atoms with van der Waals surface area (Å²) < 4.78 is 29.9. The van der Waals surface area contributed by atoms with Crippen molar-refractivity contribution in [2.75, 3.05) is 67.5 Å². The predicted octanol–water partition coefficient (Wildman–Crippen LogP) is 8.60. The molecule has 0 unspecified atom stereocenters. The summed E-state index contributed by atoms with van der Waals surface area (Å²) in [5.74, 6) is 1.14. The van der Waals surface area contributed by atoms with E-state index in [1.807, 2.05) is 60.3 Å². The van der Waals surface area contributed by atoms with Crippen molar-refractivity contribution in [3.8, 4) is 11.1 Å². The van der Waals surface area contributed by atoms with Crippen molar-refractivity contribution in [2.24, 2.45) is 0 Å². The van der Waals surface area contributed by atoms with Gasteiger partial charge in [-0.15, -0.1) is 11.8 Å². The number of aromatic nitrogens is 2. The van der Waals surface area contributed by atoms with Crippen LogP contribution in [0.4, 0.5) is 17.2 Å². The first-order valence-electron chi connectivity index (χ1n) is 18.5. The van der Waals surface area contributed by atoms with E-state index in [1.54, 1.807) is 12.1 Å². The number of anilines is 3. The van der Waals surface area contributed by atoms with E-state index in [1.165, 1.54) is 22.3 Å². The average molecular weight is 792 g/mol. The van der Waals surface area contributed by atoms with Gasteiger partial charge in [-0.05, 0) is 110 Å². The molecule has 0 amide bonds. The lowest BCUT2D eigenvalue weighted by Gasteiger charge is -2.36. The molecular formula is C43H46ClN7O2S2. The van der Waals surface area contributed by atoms with Crippen molar-refractivity contribution in [1.82, 2.24) is 19.8 Å². The van der Waals surface area contributed by atoms with Crippen molar-refractivity contribution in [3.05, 3.63) is 138 Å². The molecule has 0 radical (unpaired) electrons. The zero-order chi connectivity index (χ0) is 38.2. The molecule has 1 fully saturated rings. The summed E-state index contributed by atoms with van der Waals surface area (Å²) >= 11 is 7.96. The van der Waals surface area contributed by atoms with Crippen LogP contribution in [0.25, 0.3) is 22.0 Å². The Morgan fingerprint density at radius 2 is 1.56 bits per heavy atom. The average Bonchev–Trinajstić information content (AvgIpc) is 3.20. The molecule has 12 heteroatoms. The lowest BCUT2D eigenvalue weighted by Crippen LogP contribution is -2.46. The Bertz CT molecular complexity index is 2290. The maximum atomic E-state index is 13.6. The number of fused-ring (bicyclic) bond motifs is 1. The second-order valence-electron chi connectivity index (χ2n) is 14.0. The maximum absolute atomic E-state index is 13.6. The molecule has 0 aliphatic carbocycles. The molecule has 9 nitrogen and oxygen atoms in total. The quantitative estimate of drug-likeness (QED) is 0.0993. The zero-order valence-electron chi connectivity index (χ0n) is 31.1. The highest BCUT2D eigenvalue weighted by atomic mass is 35.5. The molecule has 1 saturated heterocycles. The minimum absolute atomic E-state index is 0.165. The Labute approximate surface area is 333 Å². The number of hydrogen-bond acceptors (Lipinski definition) is 9. The number of thioether (sulfide) groups is 1. The van der Waals surface area contributed by atoms with E-state index in [0.717, 1.165) is 73.4 Å². The third kappa shape index (κ3) is 10.2. The van der Waals surface area contributed by atoms with Crippen LogP contribution in [-0.4, -0.2) is 86.8 Å². The highest BCUT2D eigenvalue weighted by molar-refractivity contribution is 7.99. The van der Waals surface area contributed by atoms with E-state index in [2.05, 4.69) is 109 Å². The largest absolute Gasteiger partial charge is 0.381 e. The van der Waals surface area contributed by atoms with E-state index in [4.69, 9.17) is 11.6 Å². The Kier molecular flexibility index (Phi) is 12.5. The lowest BCUT2D eigenvalue weighted by molar-refractivity contribution is 0.250. The molecule has 6 aromatic rings. The minimum Gasteiger partial charge on any atom is -0.381 e. The molecule has 0 saturated carbocycles. The summed E-state index contributed by atoms with van der Waals surface area (Å²) in [5, 5.41) is 5.00. The van der Waals surface area contributed by atoms with Crippen LogP contribution in [-0.2, 0) is 16.6 Å². The van der Waals surface area contributed by atoms with Gasteiger partial charge in [0.1, 0.15) is 6.33 Å². The van der Waals surface area contributed by atoms with Crippen molar-refractivity contribution in [3.63, 3.8) is 0 Å². The third-order valence-corrected chi connectivity index (χ3v) is 12.6. The molecule has 2 N–H and O–H groups in total. The fraction of sp³-hybridized carbons (Fsp3) is 0.256. The second-order valence-corrected chi connectivity index (χ2v) is 17.3. The molecule has 1 aromatic heterocycles. The highest BCUT2D eigenvalue weighted by Gasteiger charge is 2.21. The summed E-state index contributed by atoms with van der Waals surface area (Å²) in [6, 6.07) is 40.0. The van der Waals surface area contributed by atoms with Crippen molar-refractivity contribution < 1.29 is 8.42 Å². The number of rotatable bonds is 15. The van der Waals surface area contributed by atoms with Crippen molar-refractivity contribution in [1.29, 1.82) is 0 Å². The van der Waals surface area contributed by atoms with E-state index in [0.29, 0.717) is 10.9 Å². The molecule has 1 aliphatic heterocycles. The number of benzene rings is 5. The zero-order valence-corrected chi connectivity index (χ0v) is 33.5. The first-order valence-corrected chi connectivity index (χ1v) is 21.3. The van der Waals surface area contributed by atoms with Gasteiger partial charge in [0.2, 0.25) is 0 Å². The van der Waals surface area contributed by atoms with Gasteiger partial charge >= 0.3 is 0 Å². The highest BCUT2D eigenvalue weighted by Crippen LogP contribution is 2.30. The van der Waals surface area contributed by atoms with E-state index in [9.17, 15) is 8.42 Å². The first-order chi connectivity index (χ1) is 26.7. The van der Waals surface area contributed by atoms with Crippen LogP contribution in [0.5, 0.6) is 0 Å². The predicted molar refractivity (Wildman–Crippen MR) is 229 cm³/mol. The normalized spacial score (nSPS) is 14.3. The van der Waals surface area contributed by atoms with Gasteiger partial charge in [-0.3, -0.25) is 9.62 Å². The number of piperazine rings is 1. The van der Waals surface area contributed by atoms with Crippen LogP contribution in [0.15, 0.2) is 137 Å². The maximum Gasteiger partial charge on any atom is 0.263 e. The van der Waals surface area contributed by atoms with Crippen LogP contribution in [0.3, 0.4) is 0 Å². The van der Waals surface area contributed by atoms with Crippen molar-refractivity contribution >= 4 is 61.5 Å². The summed E-state index contributed by atoms with van der Waals surface area (Å²) in [6.45, 7) is 5.37. The Hall–Kier alpha value is -4.65. The molecule has 1 aliphatic rings. The van der Waals surface area contributed by atoms with Gasteiger partial charge in [0.25, 0.3) is 10.0 Å². The van der Waals surface area contributed by atoms with Gasteiger partial charge in [-0.2, -0.15) is 0 Å². The first kappa shape index (κ1) is 38.6. The molecular weight excluding hydrogens is 746 g/mol. The Morgan fingerprint density at radius 3 is 2.31 bits per heavy atom. The molecule has 5 aromatic carbocycles. The number of sulfonamides is 1. The molecule has 284 valence electrons.